The van der Waals surface area contributed by atoms with Crippen LogP contribution in [-0.2, 0) is 0 Å². The first-order valence-corrected chi connectivity index (χ1v) is 10.5. The summed E-state index contributed by atoms with van der Waals surface area (Å²) in [7, 11) is 0. The predicted molar refractivity (Wildman–Crippen MR) is 103 cm³/mol. The third-order valence-corrected chi connectivity index (χ3v) is 4.59. The lowest BCUT2D eigenvalue weighted by atomic mass is 10.1. The van der Waals surface area contributed by atoms with E-state index in [1.165, 1.54) is 57.8 Å². The monoisotopic (exact) mass is 378 g/mol. The van der Waals surface area contributed by atoms with E-state index in [0.717, 1.165) is 36.5 Å². The maximum Gasteiger partial charge on any atom is 0.227 e. The highest BCUT2D eigenvalue weighted by molar-refractivity contribution is 8.04. The number of hydrogen-bond donors (Lipinski definition) is 1. The summed E-state index contributed by atoms with van der Waals surface area (Å²) in [4.78, 5) is 12.4. The number of hydrogen-bond acceptors (Lipinski definition) is 8. The molecule has 0 atom stereocenters. The fourth-order valence-corrected chi connectivity index (χ4v) is 3.15. The van der Waals surface area contributed by atoms with Gasteiger partial charge in [0.1, 0.15) is 10.8 Å². The number of thioether (sulfide) groups is 2. The lowest BCUT2D eigenvalue weighted by Crippen LogP contribution is -2.07. The Morgan fingerprint density at radius 3 is 1.72 bits per heavy atom. The van der Waals surface area contributed by atoms with Crippen molar-refractivity contribution in [1.29, 1.82) is 10.5 Å². The molecule has 0 amide bonds. The Kier molecular flexibility index (Phi) is 12.7. The summed E-state index contributed by atoms with van der Waals surface area (Å²) in [5.74, 6) is 0.432. The van der Waals surface area contributed by atoms with Gasteiger partial charge in [0.2, 0.25) is 16.3 Å². The van der Waals surface area contributed by atoms with E-state index in [0.29, 0.717) is 16.3 Å². The molecule has 1 rings (SSSR count). The number of rotatable bonds is 14. The molecule has 0 aromatic carbocycles. The van der Waals surface area contributed by atoms with Crippen LogP contribution in [0.3, 0.4) is 0 Å². The molecule has 0 bridgehead atoms. The van der Waals surface area contributed by atoms with E-state index in [-0.39, 0.29) is 0 Å². The Bertz CT molecular complexity index is 533. The van der Waals surface area contributed by atoms with Gasteiger partial charge in [-0.3, -0.25) is 0 Å². The first kappa shape index (κ1) is 21.5. The zero-order valence-corrected chi connectivity index (χ0v) is 16.5. The van der Waals surface area contributed by atoms with Gasteiger partial charge in [0.05, 0.1) is 0 Å². The number of thiocyanates is 2. The van der Waals surface area contributed by atoms with Crippen molar-refractivity contribution < 1.29 is 0 Å². The molecule has 0 radical (unpaired) electrons. The molecule has 0 saturated carbocycles. The van der Waals surface area contributed by atoms with Gasteiger partial charge < -0.3 is 5.32 Å². The number of unbranched alkanes of at least 4 members (excludes halogenated alkanes) is 9. The summed E-state index contributed by atoms with van der Waals surface area (Å²) >= 11 is 1.74. The van der Waals surface area contributed by atoms with E-state index >= 15 is 0 Å². The summed E-state index contributed by atoms with van der Waals surface area (Å²) in [6.45, 7) is 3.03. The van der Waals surface area contributed by atoms with Crippen LogP contribution < -0.4 is 5.32 Å². The average molecular weight is 379 g/mol. The first-order chi connectivity index (χ1) is 12.3. The SMILES string of the molecule is CCCCCCCCCCCCNc1nc(SC#N)nc(SC#N)n1. The van der Waals surface area contributed by atoms with Crippen molar-refractivity contribution in [1.82, 2.24) is 15.0 Å². The van der Waals surface area contributed by atoms with E-state index in [1.54, 1.807) is 0 Å². The molecular formula is C17H26N6S2. The number of anilines is 1. The summed E-state index contributed by atoms with van der Waals surface area (Å²) < 4.78 is 0. The maximum absolute atomic E-state index is 8.73. The lowest BCUT2D eigenvalue weighted by Gasteiger charge is -2.06. The third-order valence-electron chi connectivity index (χ3n) is 3.68. The lowest BCUT2D eigenvalue weighted by molar-refractivity contribution is 0.559. The van der Waals surface area contributed by atoms with Crippen LogP contribution >= 0.6 is 23.5 Å². The van der Waals surface area contributed by atoms with Crippen molar-refractivity contribution in [3.05, 3.63) is 0 Å². The van der Waals surface area contributed by atoms with Crippen molar-refractivity contribution in [2.45, 2.75) is 81.4 Å². The largest absolute Gasteiger partial charge is 0.354 e. The molecule has 6 nitrogen and oxygen atoms in total. The highest BCUT2D eigenvalue weighted by atomic mass is 32.2. The normalized spacial score (nSPS) is 10.2. The molecule has 136 valence electrons. The Morgan fingerprint density at radius 1 is 0.760 bits per heavy atom. The van der Waals surface area contributed by atoms with Gasteiger partial charge in [0, 0.05) is 30.1 Å². The van der Waals surface area contributed by atoms with Gasteiger partial charge in [-0.25, -0.2) is 0 Å². The average Bonchev–Trinajstić information content (AvgIpc) is 2.60. The fourth-order valence-electron chi connectivity index (χ4n) is 2.40. The summed E-state index contributed by atoms with van der Waals surface area (Å²) in [6.07, 6.45) is 13.0. The zero-order valence-electron chi connectivity index (χ0n) is 14.8. The standard InChI is InChI=1S/C17H26N6S2/c1-2-3-4-5-6-7-8-9-10-11-12-20-15-21-16(24-13-18)23-17(22-15)25-14-19/h2-12H2,1H3,(H,20,21,22,23). The summed E-state index contributed by atoms with van der Waals surface area (Å²) in [6, 6.07) is 0. The number of aromatic nitrogens is 3. The Hall–Kier alpha value is -1.51. The minimum absolute atomic E-state index is 0.320. The molecule has 8 heteroatoms. The minimum atomic E-state index is 0.320. The maximum atomic E-state index is 8.73. The minimum Gasteiger partial charge on any atom is -0.354 e. The Balaban J connectivity index is 2.17. The van der Waals surface area contributed by atoms with Gasteiger partial charge in [-0.15, -0.1) is 0 Å². The van der Waals surface area contributed by atoms with Crippen LogP contribution in [0.1, 0.15) is 71.1 Å². The van der Waals surface area contributed by atoms with Crippen LogP contribution in [0.2, 0.25) is 0 Å². The van der Waals surface area contributed by atoms with E-state index < -0.39 is 0 Å². The number of nitriles is 2. The van der Waals surface area contributed by atoms with Gasteiger partial charge in [0.15, 0.2) is 0 Å². The van der Waals surface area contributed by atoms with Gasteiger partial charge in [-0.1, -0.05) is 64.7 Å². The molecule has 0 unspecified atom stereocenters. The molecule has 0 aliphatic rings. The van der Waals surface area contributed by atoms with Crippen molar-refractivity contribution in [2.75, 3.05) is 11.9 Å². The molecule has 1 heterocycles. The molecule has 0 aliphatic heterocycles. The molecular weight excluding hydrogens is 352 g/mol. The van der Waals surface area contributed by atoms with E-state index in [4.69, 9.17) is 10.5 Å². The predicted octanol–water partition coefficient (Wildman–Crippen LogP) is 5.35. The summed E-state index contributed by atoms with van der Waals surface area (Å²) in [5.41, 5.74) is 0. The van der Waals surface area contributed by atoms with E-state index in [1.807, 2.05) is 10.8 Å². The van der Waals surface area contributed by atoms with Gasteiger partial charge in [-0.05, 0) is 6.42 Å². The van der Waals surface area contributed by atoms with Gasteiger partial charge >= 0.3 is 0 Å². The van der Waals surface area contributed by atoms with Gasteiger partial charge in [0.25, 0.3) is 0 Å². The van der Waals surface area contributed by atoms with Crippen LogP contribution in [0.5, 0.6) is 0 Å². The first-order valence-electron chi connectivity index (χ1n) is 8.92. The van der Waals surface area contributed by atoms with Crippen molar-refractivity contribution in [3.63, 3.8) is 0 Å². The number of nitrogens with one attached hydrogen (secondary N) is 1. The van der Waals surface area contributed by atoms with E-state index in [2.05, 4.69) is 27.2 Å². The van der Waals surface area contributed by atoms with E-state index in [9.17, 15) is 0 Å². The van der Waals surface area contributed by atoms with Crippen molar-refractivity contribution >= 4 is 29.5 Å². The number of nitrogens with zero attached hydrogens (tertiary/aromatic N) is 5. The second-order valence-electron chi connectivity index (χ2n) is 5.72. The van der Waals surface area contributed by atoms with Crippen LogP contribution in [0, 0.1) is 21.3 Å². The molecule has 1 N–H and O–H groups in total. The second-order valence-corrected chi connectivity index (χ2v) is 7.22. The van der Waals surface area contributed by atoms with Crippen LogP contribution in [-0.4, -0.2) is 21.5 Å². The van der Waals surface area contributed by atoms with Crippen molar-refractivity contribution in [3.8, 4) is 10.8 Å². The molecule has 0 saturated heterocycles. The van der Waals surface area contributed by atoms with Crippen molar-refractivity contribution in [2.24, 2.45) is 0 Å². The smallest absolute Gasteiger partial charge is 0.227 e. The van der Waals surface area contributed by atoms with Crippen LogP contribution in [0.15, 0.2) is 10.3 Å². The van der Waals surface area contributed by atoms with Crippen LogP contribution in [0.4, 0.5) is 5.95 Å². The Morgan fingerprint density at radius 2 is 1.24 bits per heavy atom. The van der Waals surface area contributed by atoms with Gasteiger partial charge in [-0.2, -0.15) is 25.5 Å². The topological polar surface area (TPSA) is 98.3 Å². The molecule has 25 heavy (non-hydrogen) atoms. The van der Waals surface area contributed by atoms with Crippen LogP contribution in [0.25, 0.3) is 0 Å². The molecule has 1 aromatic rings. The zero-order chi connectivity index (χ0) is 18.2. The quantitative estimate of drug-likeness (QED) is 0.263. The molecule has 0 fully saturated rings. The molecule has 0 spiro atoms. The highest BCUT2D eigenvalue weighted by Gasteiger charge is 2.07. The summed E-state index contributed by atoms with van der Waals surface area (Å²) in [5, 5.41) is 25.1. The Labute approximate surface area is 159 Å². The molecule has 1 aromatic heterocycles. The molecule has 0 aliphatic carbocycles. The second kappa shape index (κ2) is 14.8. The highest BCUT2D eigenvalue weighted by Crippen LogP contribution is 2.18. The fraction of sp³-hybridized carbons (Fsp3) is 0.706. The third kappa shape index (κ3) is 10.9.